The van der Waals surface area contributed by atoms with Crippen LogP contribution in [0.15, 0.2) is 36.4 Å². The van der Waals surface area contributed by atoms with Crippen molar-refractivity contribution in [3.63, 3.8) is 0 Å². The van der Waals surface area contributed by atoms with Crippen molar-refractivity contribution in [1.82, 2.24) is 0 Å². The molecule has 0 aromatic heterocycles. The Balaban J connectivity index is 2.28. The Morgan fingerprint density at radius 2 is 1.72 bits per heavy atom. The minimum Gasteiger partial charge on any atom is -0.457 e. The van der Waals surface area contributed by atoms with E-state index in [-0.39, 0.29) is 0 Å². The van der Waals surface area contributed by atoms with Crippen LogP contribution in [0.2, 0.25) is 5.02 Å². The molecule has 0 unspecified atom stereocenters. The van der Waals surface area contributed by atoms with E-state index in [2.05, 4.69) is 0 Å². The normalized spacial score (nSPS) is 10.4. The summed E-state index contributed by atoms with van der Waals surface area (Å²) in [7, 11) is 0. The number of benzene rings is 2. The van der Waals surface area contributed by atoms with Gasteiger partial charge in [-0.1, -0.05) is 23.7 Å². The standard InChI is InChI=1S/C15H16ClNO/c1-10-6-14(7-11(2)15(10)16)18-13-5-3-4-12(8-13)9-17/h3-8H,9,17H2,1-2H3. The fourth-order valence-corrected chi connectivity index (χ4v) is 1.95. The summed E-state index contributed by atoms with van der Waals surface area (Å²) in [6.07, 6.45) is 0. The van der Waals surface area contributed by atoms with E-state index in [1.54, 1.807) is 0 Å². The van der Waals surface area contributed by atoms with Crippen LogP contribution >= 0.6 is 11.6 Å². The van der Waals surface area contributed by atoms with E-state index in [0.717, 1.165) is 33.2 Å². The van der Waals surface area contributed by atoms with Crippen LogP contribution in [-0.2, 0) is 6.54 Å². The predicted octanol–water partition coefficient (Wildman–Crippen LogP) is 4.21. The van der Waals surface area contributed by atoms with Gasteiger partial charge in [-0.05, 0) is 54.8 Å². The van der Waals surface area contributed by atoms with E-state index in [0.29, 0.717) is 6.54 Å². The van der Waals surface area contributed by atoms with Crippen molar-refractivity contribution < 1.29 is 4.74 Å². The Morgan fingerprint density at radius 1 is 1.06 bits per heavy atom. The molecular formula is C15H16ClNO. The van der Waals surface area contributed by atoms with Crippen molar-refractivity contribution in [2.45, 2.75) is 20.4 Å². The monoisotopic (exact) mass is 261 g/mol. The number of aryl methyl sites for hydroxylation is 2. The molecule has 2 N–H and O–H groups in total. The summed E-state index contributed by atoms with van der Waals surface area (Å²) in [5, 5.41) is 0.790. The Morgan fingerprint density at radius 3 is 2.33 bits per heavy atom. The van der Waals surface area contributed by atoms with Crippen molar-refractivity contribution in [1.29, 1.82) is 0 Å². The Kier molecular flexibility index (Phi) is 3.90. The zero-order valence-electron chi connectivity index (χ0n) is 10.5. The minimum atomic E-state index is 0.510. The quantitative estimate of drug-likeness (QED) is 0.898. The molecule has 0 spiro atoms. The molecule has 2 aromatic carbocycles. The third-order valence-electron chi connectivity index (χ3n) is 2.78. The van der Waals surface area contributed by atoms with E-state index in [4.69, 9.17) is 22.1 Å². The van der Waals surface area contributed by atoms with E-state index in [9.17, 15) is 0 Å². The van der Waals surface area contributed by atoms with Gasteiger partial charge in [-0.2, -0.15) is 0 Å². The number of rotatable bonds is 3. The lowest BCUT2D eigenvalue weighted by Crippen LogP contribution is -1.96. The molecule has 94 valence electrons. The van der Waals surface area contributed by atoms with Gasteiger partial charge in [0.05, 0.1) is 0 Å². The number of ether oxygens (including phenoxy) is 1. The molecule has 2 rings (SSSR count). The smallest absolute Gasteiger partial charge is 0.128 e. The molecule has 0 saturated heterocycles. The summed E-state index contributed by atoms with van der Waals surface area (Å²) in [6, 6.07) is 11.6. The van der Waals surface area contributed by atoms with Crippen molar-refractivity contribution in [3.05, 3.63) is 58.1 Å². The van der Waals surface area contributed by atoms with Gasteiger partial charge in [0.25, 0.3) is 0 Å². The summed E-state index contributed by atoms with van der Waals surface area (Å²) < 4.78 is 5.82. The average molecular weight is 262 g/mol. The first kappa shape index (κ1) is 12.9. The third-order valence-corrected chi connectivity index (χ3v) is 3.38. The number of halogens is 1. The van der Waals surface area contributed by atoms with Gasteiger partial charge in [-0.25, -0.2) is 0 Å². The highest BCUT2D eigenvalue weighted by atomic mass is 35.5. The molecular weight excluding hydrogens is 246 g/mol. The van der Waals surface area contributed by atoms with Gasteiger partial charge in [0, 0.05) is 11.6 Å². The second-order valence-electron chi connectivity index (χ2n) is 4.32. The van der Waals surface area contributed by atoms with Gasteiger partial charge in [-0.3, -0.25) is 0 Å². The lowest BCUT2D eigenvalue weighted by molar-refractivity contribution is 0.481. The fraction of sp³-hybridized carbons (Fsp3) is 0.200. The third kappa shape index (κ3) is 2.84. The van der Waals surface area contributed by atoms with Gasteiger partial charge in [-0.15, -0.1) is 0 Å². The van der Waals surface area contributed by atoms with Crippen LogP contribution in [0, 0.1) is 13.8 Å². The Labute approximate surface area is 112 Å². The SMILES string of the molecule is Cc1cc(Oc2cccc(CN)c2)cc(C)c1Cl. The maximum Gasteiger partial charge on any atom is 0.128 e. The van der Waals surface area contributed by atoms with E-state index in [1.807, 2.05) is 50.2 Å². The minimum absolute atomic E-state index is 0.510. The molecule has 3 heteroatoms. The molecule has 0 amide bonds. The summed E-state index contributed by atoms with van der Waals surface area (Å²) >= 11 is 6.13. The van der Waals surface area contributed by atoms with Crippen molar-refractivity contribution in [2.75, 3.05) is 0 Å². The first-order chi connectivity index (χ1) is 8.60. The first-order valence-corrected chi connectivity index (χ1v) is 6.21. The van der Waals surface area contributed by atoms with Gasteiger partial charge >= 0.3 is 0 Å². The fourth-order valence-electron chi connectivity index (χ4n) is 1.84. The van der Waals surface area contributed by atoms with Crippen LogP contribution in [0.3, 0.4) is 0 Å². The molecule has 0 fully saturated rings. The molecule has 0 radical (unpaired) electrons. The van der Waals surface area contributed by atoms with Crippen LogP contribution in [0.25, 0.3) is 0 Å². The molecule has 0 bridgehead atoms. The molecule has 0 aliphatic heterocycles. The van der Waals surface area contributed by atoms with Crippen molar-refractivity contribution in [2.24, 2.45) is 5.73 Å². The zero-order chi connectivity index (χ0) is 13.1. The van der Waals surface area contributed by atoms with Crippen LogP contribution in [0.5, 0.6) is 11.5 Å². The highest BCUT2D eigenvalue weighted by molar-refractivity contribution is 6.32. The van der Waals surface area contributed by atoms with Gasteiger partial charge in [0.1, 0.15) is 11.5 Å². The predicted molar refractivity (Wildman–Crippen MR) is 75.3 cm³/mol. The topological polar surface area (TPSA) is 35.2 Å². The average Bonchev–Trinajstić information content (AvgIpc) is 2.36. The molecule has 0 saturated carbocycles. The second kappa shape index (κ2) is 5.42. The molecule has 18 heavy (non-hydrogen) atoms. The molecule has 0 heterocycles. The lowest BCUT2D eigenvalue weighted by atomic mass is 10.1. The number of hydrogen-bond donors (Lipinski definition) is 1. The van der Waals surface area contributed by atoms with Gasteiger partial charge < -0.3 is 10.5 Å². The van der Waals surface area contributed by atoms with E-state index in [1.165, 1.54) is 0 Å². The zero-order valence-corrected chi connectivity index (χ0v) is 11.3. The lowest BCUT2D eigenvalue weighted by Gasteiger charge is -2.10. The highest BCUT2D eigenvalue weighted by Gasteiger charge is 2.04. The Bertz CT molecular complexity index is 543. The molecule has 0 aliphatic carbocycles. The number of hydrogen-bond acceptors (Lipinski definition) is 2. The summed E-state index contributed by atoms with van der Waals surface area (Å²) in [5.41, 5.74) is 8.69. The second-order valence-corrected chi connectivity index (χ2v) is 4.70. The molecule has 0 aliphatic rings. The van der Waals surface area contributed by atoms with E-state index >= 15 is 0 Å². The molecule has 2 aromatic rings. The van der Waals surface area contributed by atoms with Crippen LogP contribution < -0.4 is 10.5 Å². The van der Waals surface area contributed by atoms with Gasteiger partial charge in [0.2, 0.25) is 0 Å². The molecule has 2 nitrogen and oxygen atoms in total. The van der Waals surface area contributed by atoms with Crippen LogP contribution in [0.1, 0.15) is 16.7 Å². The van der Waals surface area contributed by atoms with Crippen molar-refractivity contribution in [3.8, 4) is 11.5 Å². The maximum atomic E-state index is 6.13. The highest BCUT2D eigenvalue weighted by Crippen LogP contribution is 2.29. The Hall–Kier alpha value is -1.51. The van der Waals surface area contributed by atoms with Crippen LogP contribution in [0.4, 0.5) is 0 Å². The van der Waals surface area contributed by atoms with Gasteiger partial charge in [0.15, 0.2) is 0 Å². The summed E-state index contributed by atoms with van der Waals surface area (Å²) in [6.45, 7) is 4.45. The molecule has 0 atom stereocenters. The van der Waals surface area contributed by atoms with Crippen molar-refractivity contribution >= 4 is 11.6 Å². The largest absolute Gasteiger partial charge is 0.457 e. The van der Waals surface area contributed by atoms with E-state index < -0.39 is 0 Å². The maximum absolute atomic E-state index is 6.13. The summed E-state index contributed by atoms with van der Waals surface area (Å²) in [4.78, 5) is 0. The van der Waals surface area contributed by atoms with Crippen LogP contribution in [-0.4, -0.2) is 0 Å². The number of nitrogens with two attached hydrogens (primary N) is 1. The summed E-state index contributed by atoms with van der Waals surface area (Å²) in [5.74, 6) is 1.59. The first-order valence-electron chi connectivity index (χ1n) is 5.84.